The van der Waals surface area contributed by atoms with Crippen molar-refractivity contribution in [1.29, 1.82) is 5.26 Å². The lowest BCUT2D eigenvalue weighted by atomic mass is 10.1. The Balaban J connectivity index is 2.21. The summed E-state index contributed by atoms with van der Waals surface area (Å²) in [5, 5.41) is 11.9. The third-order valence-electron chi connectivity index (χ3n) is 2.04. The minimum absolute atomic E-state index is 0.00579. The molecule has 0 radical (unpaired) electrons. The summed E-state index contributed by atoms with van der Waals surface area (Å²) in [6.07, 6.45) is 4.05. The van der Waals surface area contributed by atoms with Gasteiger partial charge in [-0.3, -0.25) is 10.2 Å². The average molecular weight is 135 g/mol. The van der Waals surface area contributed by atoms with Crippen molar-refractivity contribution in [3.8, 4) is 6.07 Å². The molecule has 3 heteroatoms. The molecule has 2 aliphatic heterocycles. The number of hydrogen-bond donors (Lipinski definition) is 1. The Morgan fingerprint density at radius 1 is 1.60 bits per heavy atom. The van der Waals surface area contributed by atoms with Gasteiger partial charge in [0.25, 0.3) is 0 Å². The van der Waals surface area contributed by atoms with Gasteiger partial charge in [0, 0.05) is 12.6 Å². The summed E-state index contributed by atoms with van der Waals surface area (Å²) < 4.78 is 0. The third-order valence-corrected chi connectivity index (χ3v) is 2.04. The lowest BCUT2D eigenvalue weighted by molar-refractivity contribution is 0.316. The summed E-state index contributed by atoms with van der Waals surface area (Å²) in [5.41, 5.74) is 0. The van der Waals surface area contributed by atoms with Crippen LogP contribution in [0.4, 0.5) is 0 Å². The Bertz CT molecular complexity index is 203. The first kappa shape index (κ1) is 5.90. The summed E-state index contributed by atoms with van der Waals surface area (Å²) >= 11 is 0. The zero-order chi connectivity index (χ0) is 6.97. The van der Waals surface area contributed by atoms with Gasteiger partial charge in [0.15, 0.2) is 0 Å². The molecule has 3 atom stereocenters. The first-order chi connectivity index (χ1) is 4.90. The fourth-order valence-corrected chi connectivity index (χ4v) is 1.44. The fraction of sp³-hybridized carbons (Fsp3) is 0.571. The zero-order valence-electron chi connectivity index (χ0n) is 5.62. The number of fused-ring (bicyclic) bond motifs is 2. The van der Waals surface area contributed by atoms with Crippen molar-refractivity contribution in [2.45, 2.75) is 12.1 Å². The van der Waals surface area contributed by atoms with Crippen molar-refractivity contribution >= 4 is 0 Å². The molecule has 2 rings (SSSR count). The maximum absolute atomic E-state index is 8.64. The van der Waals surface area contributed by atoms with Crippen molar-refractivity contribution in [1.82, 2.24) is 10.2 Å². The highest BCUT2D eigenvalue weighted by atomic mass is 15.3. The summed E-state index contributed by atoms with van der Waals surface area (Å²) in [4.78, 5) is 2.13. The van der Waals surface area contributed by atoms with Gasteiger partial charge in [-0.15, -0.1) is 0 Å². The molecule has 0 spiro atoms. The number of rotatable bonds is 0. The average Bonchev–Trinajstić information content (AvgIpc) is 2.34. The van der Waals surface area contributed by atoms with Gasteiger partial charge in [0.2, 0.25) is 0 Å². The van der Waals surface area contributed by atoms with E-state index in [9.17, 15) is 0 Å². The van der Waals surface area contributed by atoms with Crippen LogP contribution in [0.3, 0.4) is 0 Å². The van der Waals surface area contributed by atoms with Crippen molar-refractivity contribution in [3.63, 3.8) is 0 Å². The molecule has 0 aliphatic carbocycles. The molecule has 3 unspecified atom stereocenters. The standard InChI is InChI=1S/C7H9N3/c8-3-7-2-1-6-4-10(7)5-9-6/h1-2,6-7,9H,4-5H2. The second kappa shape index (κ2) is 2.08. The molecule has 2 bridgehead atoms. The van der Waals surface area contributed by atoms with Crippen molar-refractivity contribution < 1.29 is 0 Å². The summed E-state index contributed by atoms with van der Waals surface area (Å²) in [5.74, 6) is 0. The van der Waals surface area contributed by atoms with Crippen molar-refractivity contribution in [2.75, 3.05) is 13.2 Å². The van der Waals surface area contributed by atoms with Gasteiger partial charge in [-0.25, -0.2) is 0 Å². The van der Waals surface area contributed by atoms with Crippen LogP contribution in [0.1, 0.15) is 0 Å². The SMILES string of the molecule is N#CC1C=CC2CN1CN2. The topological polar surface area (TPSA) is 39.1 Å². The maximum Gasteiger partial charge on any atom is 0.117 e. The van der Waals surface area contributed by atoms with Gasteiger partial charge >= 0.3 is 0 Å². The molecule has 2 heterocycles. The third kappa shape index (κ3) is 0.737. The van der Waals surface area contributed by atoms with E-state index in [1.807, 2.05) is 6.08 Å². The Hall–Kier alpha value is -0.850. The molecule has 0 saturated carbocycles. The maximum atomic E-state index is 8.64. The zero-order valence-corrected chi connectivity index (χ0v) is 5.62. The number of nitrogens with one attached hydrogen (secondary N) is 1. The van der Waals surface area contributed by atoms with Crippen molar-refractivity contribution in [2.24, 2.45) is 0 Å². The smallest absolute Gasteiger partial charge is 0.117 e. The van der Waals surface area contributed by atoms with Gasteiger partial charge in [0.05, 0.1) is 12.7 Å². The molecule has 10 heavy (non-hydrogen) atoms. The number of nitriles is 1. The van der Waals surface area contributed by atoms with Gasteiger partial charge in [-0.2, -0.15) is 5.26 Å². The van der Waals surface area contributed by atoms with E-state index in [0.717, 1.165) is 13.2 Å². The van der Waals surface area contributed by atoms with E-state index in [-0.39, 0.29) is 6.04 Å². The molecule has 2 aliphatic rings. The fourth-order valence-electron chi connectivity index (χ4n) is 1.44. The van der Waals surface area contributed by atoms with Crippen LogP contribution in [-0.2, 0) is 0 Å². The summed E-state index contributed by atoms with van der Waals surface area (Å²) in [7, 11) is 0. The quantitative estimate of drug-likeness (QED) is 0.463. The lowest BCUT2D eigenvalue weighted by Gasteiger charge is -2.20. The van der Waals surface area contributed by atoms with E-state index < -0.39 is 0 Å². The molecule has 0 aromatic heterocycles. The van der Waals surface area contributed by atoms with E-state index in [1.165, 1.54) is 0 Å². The molecule has 0 aromatic carbocycles. The largest absolute Gasteiger partial charge is 0.297 e. The molecule has 52 valence electrons. The van der Waals surface area contributed by atoms with Gasteiger partial charge in [-0.1, -0.05) is 12.2 Å². The van der Waals surface area contributed by atoms with Gasteiger partial charge in [0.1, 0.15) is 6.04 Å². The van der Waals surface area contributed by atoms with Crippen LogP contribution >= 0.6 is 0 Å². The number of hydrogen-bond acceptors (Lipinski definition) is 3. The minimum atomic E-state index is 0.00579. The predicted molar refractivity (Wildman–Crippen MR) is 37.0 cm³/mol. The van der Waals surface area contributed by atoms with Crippen LogP contribution in [0.5, 0.6) is 0 Å². The van der Waals surface area contributed by atoms with E-state index in [2.05, 4.69) is 22.4 Å². The molecule has 0 amide bonds. The Kier molecular flexibility index (Phi) is 1.23. The van der Waals surface area contributed by atoms with Gasteiger partial charge < -0.3 is 0 Å². The molecule has 3 nitrogen and oxygen atoms in total. The van der Waals surface area contributed by atoms with Crippen molar-refractivity contribution in [3.05, 3.63) is 12.2 Å². The molecular formula is C7H9N3. The minimum Gasteiger partial charge on any atom is -0.297 e. The van der Waals surface area contributed by atoms with Crippen LogP contribution in [0, 0.1) is 11.3 Å². The highest BCUT2D eigenvalue weighted by molar-refractivity contribution is 5.16. The monoisotopic (exact) mass is 135 g/mol. The number of nitrogens with zero attached hydrogens (tertiary/aromatic N) is 2. The Morgan fingerprint density at radius 3 is 3.30 bits per heavy atom. The normalized spacial score (nSPS) is 43.3. The first-order valence-electron chi connectivity index (χ1n) is 3.45. The summed E-state index contributed by atoms with van der Waals surface area (Å²) in [6.45, 7) is 1.85. The van der Waals surface area contributed by atoms with Crippen LogP contribution in [0.25, 0.3) is 0 Å². The van der Waals surface area contributed by atoms with Crippen LogP contribution in [0.15, 0.2) is 12.2 Å². The summed E-state index contributed by atoms with van der Waals surface area (Å²) in [6, 6.07) is 2.73. The molecule has 0 aromatic rings. The second-order valence-corrected chi connectivity index (χ2v) is 2.70. The predicted octanol–water partition coefficient (Wildman–Crippen LogP) is -0.320. The van der Waals surface area contributed by atoms with E-state index in [1.54, 1.807) is 0 Å². The molecule has 1 fully saturated rings. The van der Waals surface area contributed by atoms with Gasteiger partial charge in [-0.05, 0) is 0 Å². The Labute approximate surface area is 59.9 Å². The second-order valence-electron chi connectivity index (χ2n) is 2.70. The highest BCUT2D eigenvalue weighted by Crippen LogP contribution is 2.13. The van der Waals surface area contributed by atoms with Crippen LogP contribution < -0.4 is 5.32 Å². The van der Waals surface area contributed by atoms with Crippen LogP contribution in [0.2, 0.25) is 0 Å². The lowest BCUT2D eigenvalue weighted by Crippen LogP contribution is -2.33. The van der Waals surface area contributed by atoms with E-state index >= 15 is 0 Å². The highest BCUT2D eigenvalue weighted by Gasteiger charge is 2.28. The molecule has 1 N–H and O–H groups in total. The molecule has 1 saturated heterocycles. The molecular weight excluding hydrogens is 126 g/mol. The Morgan fingerprint density at radius 2 is 2.50 bits per heavy atom. The first-order valence-corrected chi connectivity index (χ1v) is 3.45. The van der Waals surface area contributed by atoms with Crippen LogP contribution in [-0.4, -0.2) is 30.2 Å². The van der Waals surface area contributed by atoms with E-state index in [4.69, 9.17) is 5.26 Å². The van der Waals surface area contributed by atoms with E-state index in [0.29, 0.717) is 6.04 Å².